The smallest absolute Gasteiger partial charge is 0.352 e. The molecule has 0 saturated heterocycles. The van der Waals surface area contributed by atoms with E-state index in [4.69, 9.17) is 10.8 Å². The van der Waals surface area contributed by atoms with E-state index in [9.17, 15) is 4.79 Å². The normalized spacial score (nSPS) is 10.3. The summed E-state index contributed by atoms with van der Waals surface area (Å²) in [6, 6.07) is 10.7. The lowest BCUT2D eigenvalue weighted by molar-refractivity contribution is 0.0687. The molecule has 0 saturated carbocycles. The predicted octanol–water partition coefficient (Wildman–Crippen LogP) is 1.97. The molecular weight excluding hydrogens is 204 g/mol. The summed E-state index contributed by atoms with van der Waals surface area (Å²) in [6.07, 6.45) is 0. The SMILES string of the molecule is Cn1c(C(=O)O)ccc1-c1ccc(N)cc1. The zero-order valence-electron chi connectivity index (χ0n) is 8.84. The third kappa shape index (κ3) is 1.65. The van der Waals surface area contributed by atoms with Crippen molar-refractivity contribution in [3.63, 3.8) is 0 Å². The number of anilines is 1. The molecule has 0 unspecified atom stereocenters. The second-order valence-corrected chi connectivity index (χ2v) is 3.59. The van der Waals surface area contributed by atoms with Crippen LogP contribution in [0.4, 0.5) is 5.69 Å². The average Bonchev–Trinajstić information content (AvgIpc) is 2.61. The van der Waals surface area contributed by atoms with Crippen LogP contribution >= 0.6 is 0 Å². The maximum Gasteiger partial charge on any atom is 0.352 e. The summed E-state index contributed by atoms with van der Waals surface area (Å²) in [5.41, 5.74) is 8.36. The fourth-order valence-electron chi connectivity index (χ4n) is 1.67. The lowest BCUT2D eigenvalue weighted by Crippen LogP contribution is -2.05. The molecule has 16 heavy (non-hydrogen) atoms. The van der Waals surface area contributed by atoms with Gasteiger partial charge in [0.1, 0.15) is 5.69 Å². The van der Waals surface area contributed by atoms with Crippen LogP contribution in [0.25, 0.3) is 11.3 Å². The number of aromatic carboxylic acids is 1. The number of carbonyl (C=O) groups is 1. The molecule has 0 aliphatic carbocycles. The molecule has 0 fully saturated rings. The van der Waals surface area contributed by atoms with Gasteiger partial charge in [0, 0.05) is 18.4 Å². The summed E-state index contributed by atoms with van der Waals surface area (Å²) in [5.74, 6) is -0.927. The summed E-state index contributed by atoms with van der Waals surface area (Å²) >= 11 is 0. The molecule has 4 nitrogen and oxygen atoms in total. The molecule has 0 radical (unpaired) electrons. The van der Waals surface area contributed by atoms with Crippen molar-refractivity contribution >= 4 is 11.7 Å². The quantitative estimate of drug-likeness (QED) is 0.754. The minimum absolute atomic E-state index is 0.270. The largest absolute Gasteiger partial charge is 0.477 e. The zero-order valence-corrected chi connectivity index (χ0v) is 8.84. The Balaban J connectivity index is 2.49. The van der Waals surface area contributed by atoms with Gasteiger partial charge in [0.2, 0.25) is 0 Å². The lowest BCUT2D eigenvalue weighted by atomic mass is 10.1. The first-order valence-electron chi connectivity index (χ1n) is 4.84. The van der Waals surface area contributed by atoms with Crippen LogP contribution < -0.4 is 5.73 Å². The molecule has 0 atom stereocenters. The van der Waals surface area contributed by atoms with E-state index in [1.54, 1.807) is 35.9 Å². The van der Waals surface area contributed by atoms with Gasteiger partial charge in [0.15, 0.2) is 0 Å². The Morgan fingerprint density at radius 2 is 1.81 bits per heavy atom. The molecule has 2 aromatic rings. The highest BCUT2D eigenvalue weighted by molar-refractivity contribution is 5.87. The lowest BCUT2D eigenvalue weighted by Gasteiger charge is -2.05. The predicted molar refractivity (Wildman–Crippen MR) is 62.2 cm³/mol. The number of hydrogen-bond donors (Lipinski definition) is 2. The van der Waals surface area contributed by atoms with E-state index in [1.165, 1.54) is 0 Å². The molecule has 1 aromatic carbocycles. The van der Waals surface area contributed by atoms with Crippen molar-refractivity contribution in [2.75, 3.05) is 5.73 Å². The maximum absolute atomic E-state index is 10.9. The summed E-state index contributed by atoms with van der Waals surface area (Å²) < 4.78 is 1.65. The summed E-state index contributed by atoms with van der Waals surface area (Å²) in [4.78, 5) is 10.9. The standard InChI is InChI=1S/C12H12N2O2/c1-14-10(6-7-11(14)12(15)16)8-2-4-9(13)5-3-8/h2-7H,13H2,1H3,(H,15,16). The second kappa shape index (κ2) is 3.73. The fourth-order valence-corrected chi connectivity index (χ4v) is 1.67. The van der Waals surface area contributed by atoms with Gasteiger partial charge in [-0.1, -0.05) is 12.1 Å². The first kappa shape index (κ1) is 10.3. The van der Waals surface area contributed by atoms with Gasteiger partial charge in [-0.25, -0.2) is 4.79 Å². The van der Waals surface area contributed by atoms with Crippen LogP contribution in [0.5, 0.6) is 0 Å². The molecule has 2 rings (SSSR count). The number of carboxylic acid groups (broad SMARTS) is 1. The molecule has 0 aliphatic rings. The molecule has 0 amide bonds. The van der Waals surface area contributed by atoms with E-state index < -0.39 is 5.97 Å². The highest BCUT2D eigenvalue weighted by atomic mass is 16.4. The van der Waals surface area contributed by atoms with E-state index in [0.29, 0.717) is 5.69 Å². The Labute approximate surface area is 92.9 Å². The van der Waals surface area contributed by atoms with Crippen molar-refractivity contribution in [1.82, 2.24) is 4.57 Å². The van der Waals surface area contributed by atoms with Crippen LogP contribution in [0.2, 0.25) is 0 Å². The van der Waals surface area contributed by atoms with Gasteiger partial charge >= 0.3 is 5.97 Å². The van der Waals surface area contributed by atoms with Gasteiger partial charge in [-0.05, 0) is 29.8 Å². The Bertz CT molecular complexity index is 526. The van der Waals surface area contributed by atoms with E-state index >= 15 is 0 Å². The van der Waals surface area contributed by atoms with E-state index in [0.717, 1.165) is 11.3 Å². The van der Waals surface area contributed by atoms with Gasteiger partial charge in [0.05, 0.1) is 0 Å². The molecule has 1 aromatic heterocycles. The average molecular weight is 216 g/mol. The number of aromatic nitrogens is 1. The van der Waals surface area contributed by atoms with Crippen LogP contribution in [0.1, 0.15) is 10.5 Å². The Morgan fingerprint density at radius 3 is 2.31 bits per heavy atom. The highest BCUT2D eigenvalue weighted by Gasteiger charge is 2.11. The molecular formula is C12H12N2O2. The van der Waals surface area contributed by atoms with Crippen LogP contribution in [0.15, 0.2) is 36.4 Å². The van der Waals surface area contributed by atoms with E-state index in [1.807, 2.05) is 12.1 Å². The molecule has 0 aliphatic heterocycles. The summed E-state index contributed by atoms with van der Waals surface area (Å²) in [6.45, 7) is 0. The molecule has 4 heteroatoms. The number of hydrogen-bond acceptors (Lipinski definition) is 2. The third-order valence-corrected chi connectivity index (χ3v) is 2.55. The number of nitrogen functional groups attached to an aromatic ring is 1. The van der Waals surface area contributed by atoms with Crippen LogP contribution in [0, 0.1) is 0 Å². The van der Waals surface area contributed by atoms with Crippen molar-refractivity contribution in [3.05, 3.63) is 42.1 Å². The van der Waals surface area contributed by atoms with Crippen molar-refractivity contribution < 1.29 is 9.90 Å². The molecule has 0 bridgehead atoms. The highest BCUT2D eigenvalue weighted by Crippen LogP contribution is 2.22. The Kier molecular flexibility index (Phi) is 2.40. The van der Waals surface area contributed by atoms with Crippen LogP contribution in [-0.4, -0.2) is 15.6 Å². The first-order valence-corrected chi connectivity index (χ1v) is 4.84. The number of benzene rings is 1. The topological polar surface area (TPSA) is 68.2 Å². The number of nitrogens with zero attached hydrogens (tertiary/aromatic N) is 1. The Morgan fingerprint density at radius 1 is 1.19 bits per heavy atom. The molecule has 1 heterocycles. The van der Waals surface area contributed by atoms with E-state index in [2.05, 4.69) is 0 Å². The third-order valence-electron chi connectivity index (χ3n) is 2.55. The number of rotatable bonds is 2. The van der Waals surface area contributed by atoms with Crippen LogP contribution in [-0.2, 0) is 7.05 Å². The molecule has 82 valence electrons. The van der Waals surface area contributed by atoms with Crippen molar-refractivity contribution in [3.8, 4) is 11.3 Å². The minimum atomic E-state index is -0.927. The van der Waals surface area contributed by atoms with Crippen molar-refractivity contribution in [1.29, 1.82) is 0 Å². The van der Waals surface area contributed by atoms with Crippen molar-refractivity contribution in [2.24, 2.45) is 7.05 Å². The molecule has 3 N–H and O–H groups in total. The summed E-state index contributed by atoms with van der Waals surface area (Å²) in [5, 5.41) is 8.93. The van der Waals surface area contributed by atoms with Gasteiger partial charge in [-0.3, -0.25) is 0 Å². The van der Waals surface area contributed by atoms with Gasteiger partial charge in [-0.15, -0.1) is 0 Å². The Hall–Kier alpha value is -2.23. The fraction of sp³-hybridized carbons (Fsp3) is 0.0833. The van der Waals surface area contributed by atoms with Gasteiger partial charge in [0.25, 0.3) is 0 Å². The van der Waals surface area contributed by atoms with Gasteiger partial charge in [-0.2, -0.15) is 0 Å². The monoisotopic (exact) mass is 216 g/mol. The van der Waals surface area contributed by atoms with Crippen molar-refractivity contribution in [2.45, 2.75) is 0 Å². The molecule has 0 spiro atoms. The maximum atomic E-state index is 10.9. The minimum Gasteiger partial charge on any atom is -0.477 e. The first-order chi connectivity index (χ1) is 7.59. The van der Waals surface area contributed by atoms with Gasteiger partial charge < -0.3 is 15.4 Å². The van der Waals surface area contributed by atoms with E-state index in [-0.39, 0.29) is 5.69 Å². The second-order valence-electron chi connectivity index (χ2n) is 3.59. The van der Waals surface area contributed by atoms with Crippen LogP contribution in [0.3, 0.4) is 0 Å². The number of nitrogens with two attached hydrogens (primary N) is 1. The number of carboxylic acids is 1. The summed E-state index contributed by atoms with van der Waals surface area (Å²) in [7, 11) is 1.73. The zero-order chi connectivity index (χ0) is 11.7.